The molecule has 4 nitrogen and oxygen atoms in total. The van der Waals surface area contributed by atoms with Crippen molar-refractivity contribution in [2.45, 2.75) is 19.0 Å². The number of aromatic nitrogens is 1. The number of pyridine rings is 1. The van der Waals surface area contributed by atoms with Crippen LogP contribution in [0.3, 0.4) is 0 Å². The van der Waals surface area contributed by atoms with E-state index in [9.17, 15) is 4.79 Å². The van der Waals surface area contributed by atoms with Gasteiger partial charge in [-0.15, -0.1) is 0 Å². The Morgan fingerprint density at radius 3 is 2.58 bits per heavy atom. The first-order valence-corrected chi connectivity index (χ1v) is 6.22. The topological polar surface area (TPSA) is 68.0 Å². The molecule has 1 atom stereocenters. The summed E-state index contributed by atoms with van der Waals surface area (Å²) in [6.45, 7) is 0.454. The van der Waals surface area contributed by atoms with Crippen LogP contribution in [-0.2, 0) is 17.8 Å². The van der Waals surface area contributed by atoms with Crippen molar-refractivity contribution in [3.05, 3.63) is 66.0 Å². The van der Waals surface area contributed by atoms with E-state index >= 15 is 0 Å². The fourth-order valence-corrected chi connectivity index (χ4v) is 1.78. The smallest absolute Gasteiger partial charge is 0.237 e. The molecule has 0 bridgehead atoms. The van der Waals surface area contributed by atoms with Crippen LogP contribution in [-0.4, -0.2) is 16.9 Å². The Morgan fingerprint density at radius 1 is 1.16 bits per heavy atom. The second-order valence-corrected chi connectivity index (χ2v) is 4.38. The summed E-state index contributed by atoms with van der Waals surface area (Å²) in [5, 5.41) is 2.82. The summed E-state index contributed by atoms with van der Waals surface area (Å²) < 4.78 is 0. The minimum absolute atomic E-state index is 0.146. The third-order valence-corrected chi connectivity index (χ3v) is 2.82. The van der Waals surface area contributed by atoms with Crippen molar-refractivity contribution < 1.29 is 4.79 Å². The lowest BCUT2D eigenvalue weighted by atomic mass is 10.1. The molecule has 1 amide bonds. The Balaban J connectivity index is 1.83. The van der Waals surface area contributed by atoms with E-state index in [1.165, 1.54) is 0 Å². The molecule has 1 aromatic heterocycles. The fraction of sp³-hybridized carbons (Fsp3) is 0.200. The van der Waals surface area contributed by atoms with Gasteiger partial charge in [-0.25, -0.2) is 0 Å². The summed E-state index contributed by atoms with van der Waals surface area (Å²) in [5.74, 6) is -0.146. The molecule has 0 aliphatic rings. The van der Waals surface area contributed by atoms with Crippen LogP contribution in [0.5, 0.6) is 0 Å². The number of benzene rings is 1. The van der Waals surface area contributed by atoms with Crippen LogP contribution >= 0.6 is 0 Å². The van der Waals surface area contributed by atoms with Crippen LogP contribution in [0.1, 0.15) is 11.1 Å². The lowest BCUT2D eigenvalue weighted by Crippen LogP contribution is -2.41. The van der Waals surface area contributed by atoms with Gasteiger partial charge in [-0.05, 0) is 23.6 Å². The normalized spacial score (nSPS) is 11.8. The van der Waals surface area contributed by atoms with Crippen LogP contribution < -0.4 is 11.1 Å². The van der Waals surface area contributed by atoms with Crippen molar-refractivity contribution in [2.24, 2.45) is 5.73 Å². The fourth-order valence-electron chi connectivity index (χ4n) is 1.78. The van der Waals surface area contributed by atoms with Gasteiger partial charge in [0.05, 0.1) is 6.04 Å². The van der Waals surface area contributed by atoms with Gasteiger partial charge in [0.1, 0.15) is 0 Å². The Hall–Kier alpha value is -2.20. The van der Waals surface area contributed by atoms with Crippen LogP contribution in [0, 0.1) is 0 Å². The minimum Gasteiger partial charge on any atom is -0.351 e. The number of carbonyl (C=O) groups is 1. The molecular weight excluding hydrogens is 238 g/mol. The van der Waals surface area contributed by atoms with E-state index in [-0.39, 0.29) is 5.91 Å². The largest absolute Gasteiger partial charge is 0.351 e. The van der Waals surface area contributed by atoms with Gasteiger partial charge in [0.2, 0.25) is 5.91 Å². The summed E-state index contributed by atoms with van der Waals surface area (Å²) in [5.41, 5.74) is 7.91. The van der Waals surface area contributed by atoms with Gasteiger partial charge in [-0.2, -0.15) is 0 Å². The zero-order valence-electron chi connectivity index (χ0n) is 10.6. The number of nitrogens with zero attached hydrogens (tertiary/aromatic N) is 1. The summed E-state index contributed by atoms with van der Waals surface area (Å²) in [4.78, 5) is 15.9. The molecule has 0 unspecified atom stereocenters. The molecule has 1 aromatic carbocycles. The van der Waals surface area contributed by atoms with Crippen molar-refractivity contribution in [3.63, 3.8) is 0 Å². The number of amides is 1. The maximum Gasteiger partial charge on any atom is 0.237 e. The van der Waals surface area contributed by atoms with Crippen LogP contribution in [0.4, 0.5) is 0 Å². The molecule has 0 radical (unpaired) electrons. The number of nitrogens with one attached hydrogen (secondary N) is 1. The predicted octanol–water partition coefficient (Wildman–Crippen LogP) is 1.27. The molecule has 0 fully saturated rings. The van der Waals surface area contributed by atoms with Gasteiger partial charge >= 0.3 is 0 Å². The molecule has 1 heterocycles. The Kier molecular flexibility index (Phi) is 4.64. The van der Waals surface area contributed by atoms with E-state index in [0.29, 0.717) is 13.0 Å². The summed E-state index contributed by atoms with van der Waals surface area (Å²) in [6, 6.07) is 13.0. The highest BCUT2D eigenvalue weighted by Crippen LogP contribution is 2.02. The zero-order chi connectivity index (χ0) is 13.5. The monoisotopic (exact) mass is 255 g/mol. The summed E-state index contributed by atoms with van der Waals surface area (Å²) >= 11 is 0. The maximum atomic E-state index is 11.9. The van der Waals surface area contributed by atoms with E-state index in [1.807, 2.05) is 42.5 Å². The van der Waals surface area contributed by atoms with Crippen molar-refractivity contribution in [1.29, 1.82) is 0 Å². The zero-order valence-corrected chi connectivity index (χ0v) is 10.6. The molecule has 2 aromatic rings. The Morgan fingerprint density at radius 2 is 1.89 bits per heavy atom. The molecule has 0 saturated heterocycles. The molecule has 2 rings (SSSR count). The standard InChI is InChI=1S/C15H17N3O/c16-14(9-12-5-2-1-3-6-12)15(19)18-11-13-7-4-8-17-10-13/h1-8,10,14H,9,11,16H2,(H,18,19)/t14-/m1/s1. The molecule has 98 valence electrons. The van der Waals surface area contributed by atoms with Gasteiger partial charge in [0.25, 0.3) is 0 Å². The van der Waals surface area contributed by atoms with E-state index in [2.05, 4.69) is 10.3 Å². The number of carbonyl (C=O) groups excluding carboxylic acids is 1. The average Bonchev–Trinajstić information content (AvgIpc) is 2.47. The molecule has 0 spiro atoms. The predicted molar refractivity (Wildman–Crippen MR) is 74.2 cm³/mol. The summed E-state index contributed by atoms with van der Waals surface area (Å²) in [6.07, 6.45) is 3.97. The lowest BCUT2D eigenvalue weighted by molar-refractivity contribution is -0.122. The van der Waals surface area contributed by atoms with Gasteiger partial charge in [0, 0.05) is 18.9 Å². The summed E-state index contributed by atoms with van der Waals surface area (Å²) in [7, 11) is 0. The van der Waals surface area contributed by atoms with E-state index in [0.717, 1.165) is 11.1 Å². The molecule has 0 aliphatic carbocycles. The Bertz CT molecular complexity index is 513. The first-order chi connectivity index (χ1) is 9.25. The first-order valence-electron chi connectivity index (χ1n) is 6.22. The van der Waals surface area contributed by atoms with Crippen LogP contribution in [0.15, 0.2) is 54.9 Å². The Labute approximate surface area is 112 Å². The van der Waals surface area contributed by atoms with Crippen molar-refractivity contribution in [2.75, 3.05) is 0 Å². The molecule has 0 saturated carbocycles. The van der Waals surface area contributed by atoms with Gasteiger partial charge < -0.3 is 11.1 Å². The van der Waals surface area contributed by atoms with Crippen molar-refractivity contribution >= 4 is 5.91 Å². The highest BCUT2D eigenvalue weighted by atomic mass is 16.2. The number of hydrogen-bond donors (Lipinski definition) is 2. The molecular formula is C15H17N3O. The second kappa shape index (κ2) is 6.66. The minimum atomic E-state index is -0.529. The second-order valence-electron chi connectivity index (χ2n) is 4.38. The van der Waals surface area contributed by atoms with E-state index in [1.54, 1.807) is 12.4 Å². The van der Waals surface area contributed by atoms with Crippen molar-refractivity contribution in [3.8, 4) is 0 Å². The third-order valence-electron chi connectivity index (χ3n) is 2.82. The lowest BCUT2D eigenvalue weighted by Gasteiger charge is -2.12. The first kappa shape index (κ1) is 13.2. The average molecular weight is 255 g/mol. The van der Waals surface area contributed by atoms with Gasteiger partial charge in [0.15, 0.2) is 0 Å². The quantitative estimate of drug-likeness (QED) is 0.845. The molecule has 3 N–H and O–H groups in total. The number of nitrogens with two attached hydrogens (primary N) is 1. The van der Waals surface area contributed by atoms with Crippen LogP contribution in [0.25, 0.3) is 0 Å². The molecule has 0 aliphatic heterocycles. The highest BCUT2D eigenvalue weighted by molar-refractivity contribution is 5.81. The van der Waals surface area contributed by atoms with Crippen LogP contribution in [0.2, 0.25) is 0 Å². The van der Waals surface area contributed by atoms with Gasteiger partial charge in [-0.3, -0.25) is 9.78 Å². The number of hydrogen-bond acceptors (Lipinski definition) is 3. The molecule has 19 heavy (non-hydrogen) atoms. The highest BCUT2D eigenvalue weighted by Gasteiger charge is 2.13. The van der Waals surface area contributed by atoms with E-state index < -0.39 is 6.04 Å². The third kappa shape index (κ3) is 4.19. The van der Waals surface area contributed by atoms with E-state index in [4.69, 9.17) is 5.73 Å². The van der Waals surface area contributed by atoms with Crippen molar-refractivity contribution in [1.82, 2.24) is 10.3 Å². The van der Waals surface area contributed by atoms with Gasteiger partial charge in [-0.1, -0.05) is 36.4 Å². The SMILES string of the molecule is N[C@H](Cc1ccccc1)C(=O)NCc1cccnc1. The number of rotatable bonds is 5. The maximum absolute atomic E-state index is 11.9. The molecule has 4 heteroatoms.